The topological polar surface area (TPSA) is 92.7 Å². The van der Waals surface area contributed by atoms with Crippen molar-refractivity contribution in [2.24, 2.45) is 0 Å². The second-order valence-electron chi connectivity index (χ2n) is 6.93. The third-order valence-corrected chi connectivity index (χ3v) is 4.50. The van der Waals surface area contributed by atoms with E-state index in [1.54, 1.807) is 30.3 Å². The quantitative estimate of drug-likeness (QED) is 0.442. The van der Waals surface area contributed by atoms with E-state index in [1.807, 2.05) is 26.0 Å². The summed E-state index contributed by atoms with van der Waals surface area (Å²) in [5.41, 5.74) is 3.10. The number of nitrogens with one attached hydrogen (secondary N) is 1. The van der Waals surface area contributed by atoms with Gasteiger partial charge in [-0.2, -0.15) is 0 Å². The predicted molar refractivity (Wildman–Crippen MR) is 113 cm³/mol. The second kappa shape index (κ2) is 9.05. The Morgan fingerprint density at radius 1 is 0.833 bits per heavy atom. The molecule has 30 heavy (non-hydrogen) atoms. The van der Waals surface area contributed by atoms with Crippen LogP contribution in [0.4, 0.5) is 10.5 Å². The first-order valence-corrected chi connectivity index (χ1v) is 9.33. The SMILES string of the molecule is Cc1ccc(OC(=O)Nc2ccc(C(=O)CC(=O)c3ccc(O)cc3)cc2)c(C)c1. The maximum Gasteiger partial charge on any atom is 0.417 e. The van der Waals surface area contributed by atoms with Crippen LogP contribution in [-0.4, -0.2) is 22.8 Å². The fourth-order valence-electron chi connectivity index (χ4n) is 2.89. The Morgan fingerprint density at radius 2 is 1.40 bits per heavy atom. The summed E-state index contributed by atoms with van der Waals surface area (Å²) in [6.45, 7) is 3.81. The number of aromatic hydroxyl groups is 1. The number of phenols is 1. The summed E-state index contributed by atoms with van der Waals surface area (Å²) >= 11 is 0. The molecule has 0 spiro atoms. The summed E-state index contributed by atoms with van der Waals surface area (Å²) < 4.78 is 5.31. The average molecular weight is 403 g/mol. The summed E-state index contributed by atoms with van der Waals surface area (Å²) in [6.07, 6.45) is -0.921. The lowest BCUT2D eigenvalue weighted by molar-refractivity contribution is 0.0894. The van der Waals surface area contributed by atoms with Crippen molar-refractivity contribution in [3.8, 4) is 11.5 Å². The third-order valence-electron chi connectivity index (χ3n) is 4.50. The lowest BCUT2D eigenvalue weighted by Crippen LogP contribution is -2.17. The summed E-state index contributed by atoms with van der Waals surface area (Å²) in [5, 5.41) is 11.9. The molecule has 0 radical (unpaired) electrons. The molecule has 152 valence electrons. The number of aryl methyl sites for hydroxylation is 2. The van der Waals surface area contributed by atoms with E-state index in [4.69, 9.17) is 4.74 Å². The van der Waals surface area contributed by atoms with Crippen LogP contribution in [0.1, 0.15) is 38.3 Å². The van der Waals surface area contributed by atoms with Gasteiger partial charge in [-0.3, -0.25) is 14.9 Å². The zero-order valence-electron chi connectivity index (χ0n) is 16.6. The van der Waals surface area contributed by atoms with E-state index in [0.29, 0.717) is 22.6 Å². The van der Waals surface area contributed by atoms with Gasteiger partial charge in [0.25, 0.3) is 0 Å². The molecule has 0 aromatic heterocycles. The Morgan fingerprint density at radius 3 is 1.97 bits per heavy atom. The van der Waals surface area contributed by atoms with Crippen LogP contribution in [0.25, 0.3) is 0 Å². The molecular formula is C24H21NO5. The van der Waals surface area contributed by atoms with E-state index in [1.165, 1.54) is 24.3 Å². The number of anilines is 1. The molecule has 0 saturated heterocycles. The maximum atomic E-state index is 12.4. The van der Waals surface area contributed by atoms with Gasteiger partial charge in [0, 0.05) is 16.8 Å². The molecule has 6 heteroatoms. The number of ketones is 2. The number of amides is 1. The number of hydrogen-bond donors (Lipinski definition) is 2. The lowest BCUT2D eigenvalue weighted by Gasteiger charge is -2.10. The molecule has 1 amide bonds. The van der Waals surface area contributed by atoms with Gasteiger partial charge in [-0.1, -0.05) is 17.7 Å². The minimum atomic E-state index is -0.636. The zero-order chi connectivity index (χ0) is 21.7. The molecule has 6 nitrogen and oxygen atoms in total. The van der Waals surface area contributed by atoms with Crippen molar-refractivity contribution in [3.05, 3.63) is 89.0 Å². The van der Waals surface area contributed by atoms with Crippen LogP contribution in [0.2, 0.25) is 0 Å². The van der Waals surface area contributed by atoms with Crippen molar-refractivity contribution >= 4 is 23.3 Å². The Hall–Kier alpha value is -3.93. The first-order chi connectivity index (χ1) is 14.3. The molecule has 3 aromatic carbocycles. The largest absolute Gasteiger partial charge is 0.508 e. The van der Waals surface area contributed by atoms with Gasteiger partial charge in [-0.05, 0) is 74.0 Å². The van der Waals surface area contributed by atoms with Gasteiger partial charge >= 0.3 is 6.09 Å². The van der Waals surface area contributed by atoms with Crippen LogP contribution in [0, 0.1) is 13.8 Å². The van der Waals surface area contributed by atoms with Gasteiger partial charge in [-0.25, -0.2) is 4.79 Å². The van der Waals surface area contributed by atoms with Crippen molar-refractivity contribution in [2.45, 2.75) is 20.3 Å². The Kier molecular flexibility index (Phi) is 6.27. The van der Waals surface area contributed by atoms with Crippen molar-refractivity contribution in [3.63, 3.8) is 0 Å². The third kappa shape index (κ3) is 5.32. The molecule has 0 aliphatic rings. The number of Topliss-reactive ketones (excluding diaryl/α,β-unsaturated/α-hetero) is 2. The highest BCUT2D eigenvalue weighted by Gasteiger charge is 2.14. The van der Waals surface area contributed by atoms with Crippen molar-refractivity contribution in [1.29, 1.82) is 0 Å². The predicted octanol–water partition coefficient (Wildman–Crippen LogP) is 5.08. The van der Waals surface area contributed by atoms with Crippen LogP contribution in [-0.2, 0) is 0 Å². The molecule has 3 aromatic rings. The molecular weight excluding hydrogens is 382 g/mol. The molecule has 2 N–H and O–H groups in total. The molecule has 0 heterocycles. The Labute approximate surface area is 174 Å². The van der Waals surface area contributed by atoms with E-state index < -0.39 is 6.09 Å². The van der Waals surface area contributed by atoms with Gasteiger partial charge in [-0.15, -0.1) is 0 Å². The van der Waals surface area contributed by atoms with Crippen LogP contribution in [0.3, 0.4) is 0 Å². The highest BCUT2D eigenvalue weighted by Crippen LogP contribution is 2.20. The van der Waals surface area contributed by atoms with E-state index in [2.05, 4.69) is 5.32 Å². The van der Waals surface area contributed by atoms with Gasteiger partial charge in [0.15, 0.2) is 11.6 Å². The van der Waals surface area contributed by atoms with Crippen molar-refractivity contribution in [2.75, 3.05) is 5.32 Å². The highest BCUT2D eigenvalue weighted by atomic mass is 16.6. The van der Waals surface area contributed by atoms with Gasteiger partial charge < -0.3 is 9.84 Å². The molecule has 3 rings (SSSR count). The number of hydrogen-bond acceptors (Lipinski definition) is 5. The van der Waals surface area contributed by atoms with Gasteiger partial charge in [0.2, 0.25) is 0 Å². The first kappa shape index (κ1) is 20.8. The molecule has 0 aliphatic heterocycles. The summed E-state index contributed by atoms with van der Waals surface area (Å²) in [4.78, 5) is 36.7. The van der Waals surface area contributed by atoms with Gasteiger partial charge in [0.1, 0.15) is 11.5 Å². The first-order valence-electron chi connectivity index (χ1n) is 9.33. The number of phenolic OH excluding ortho intramolecular Hbond substituents is 1. The number of rotatable bonds is 6. The minimum absolute atomic E-state index is 0.0528. The van der Waals surface area contributed by atoms with Crippen LogP contribution in [0.5, 0.6) is 11.5 Å². The maximum absolute atomic E-state index is 12.4. The van der Waals surface area contributed by atoms with Crippen LogP contribution < -0.4 is 10.1 Å². The number of carbonyl (C=O) groups excluding carboxylic acids is 3. The van der Waals surface area contributed by atoms with Gasteiger partial charge in [0.05, 0.1) is 6.42 Å². The average Bonchev–Trinajstić information content (AvgIpc) is 2.71. The molecule has 0 bridgehead atoms. The summed E-state index contributed by atoms with van der Waals surface area (Å²) in [5.74, 6) is -0.147. The fraction of sp³-hybridized carbons (Fsp3) is 0.125. The number of benzene rings is 3. The number of carbonyl (C=O) groups is 3. The molecule has 0 fully saturated rings. The highest BCUT2D eigenvalue weighted by molar-refractivity contribution is 6.13. The van der Waals surface area contributed by atoms with E-state index in [0.717, 1.165) is 11.1 Å². The van der Waals surface area contributed by atoms with E-state index in [9.17, 15) is 19.5 Å². The number of ether oxygens (including phenoxy) is 1. The molecule has 0 unspecified atom stereocenters. The molecule has 0 saturated carbocycles. The van der Waals surface area contributed by atoms with Crippen molar-refractivity contribution < 1.29 is 24.2 Å². The lowest BCUT2D eigenvalue weighted by atomic mass is 10.0. The van der Waals surface area contributed by atoms with Crippen molar-refractivity contribution in [1.82, 2.24) is 0 Å². The summed E-state index contributed by atoms with van der Waals surface area (Å²) in [6, 6.07) is 17.5. The van der Waals surface area contributed by atoms with Crippen LogP contribution >= 0.6 is 0 Å². The molecule has 0 atom stereocenters. The standard InChI is InChI=1S/C24H21NO5/c1-15-3-12-23(16(2)13-15)30-24(29)25-19-8-4-17(5-9-19)21(27)14-22(28)18-6-10-20(26)11-7-18/h3-13,26H,14H2,1-2H3,(H,25,29). The van der Waals surface area contributed by atoms with E-state index in [-0.39, 0.29) is 23.7 Å². The zero-order valence-corrected chi connectivity index (χ0v) is 16.6. The Balaban J connectivity index is 1.58. The smallest absolute Gasteiger partial charge is 0.417 e. The van der Waals surface area contributed by atoms with E-state index >= 15 is 0 Å². The summed E-state index contributed by atoms with van der Waals surface area (Å²) in [7, 11) is 0. The molecule has 0 aliphatic carbocycles. The second-order valence-corrected chi connectivity index (χ2v) is 6.93. The van der Waals surface area contributed by atoms with Crippen LogP contribution in [0.15, 0.2) is 66.7 Å². The monoisotopic (exact) mass is 403 g/mol. The normalized spacial score (nSPS) is 10.3. The minimum Gasteiger partial charge on any atom is -0.508 e. The fourth-order valence-corrected chi connectivity index (χ4v) is 2.89. The Bertz CT molecular complexity index is 1090.